The summed E-state index contributed by atoms with van der Waals surface area (Å²) in [7, 11) is 0. The number of thiazole rings is 1. The SMILES string of the molecule is CCCCCCc1ccc(CCC)cc1NCc1ccc(C(=O)Nc2nc(CC(=O)[O-])cs2)cc1. The van der Waals surface area contributed by atoms with Crippen molar-refractivity contribution in [2.24, 2.45) is 0 Å². The second-order valence-electron chi connectivity index (χ2n) is 8.75. The van der Waals surface area contributed by atoms with Crippen LogP contribution in [-0.2, 0) is 30.6 Å². The van der Waals surface area contributed by atoms with E-state index in [4.69, 9.17) is 0 Å². The second-order valence-corrected chi connectivity index (χ2v) is 9.61. The first-order valence-corrected chi connectivity index (χ1v) is 13.3. The van der Waals surface area contributed by atoms with E-state index in [1.54, 1.807) is 17.5 Å². The van der Waals surface area contributed by atoms with Crippen molar-refractivity contribution >= 4 is 34.0 Å². The quantitative estimate of drug-likeness (QED) is 0.295. The molecule has 0 saturated carbocycles. The lowest BCUT2D eigenvalue weighted by Crippen LogP contribution is -2.24. The maximum Gasteiger partial charge on any atom is 0.257 e. The Morgan fingerprint density at radius 3 is 2.43 bits per heavy atom. The van der Waals surface area contributed by atoms with Crippen LogP contribution in [0.3, 0.4) is 0 Å². The number of amides is 1. The Bertz CT molecular complexity index is 1110. The first-order valence-electron chi connectivity index (χ1n) is 12.4. The zero-order valence-corrected chi connectivity index (χ0v) is 21.4. The molecular weight excluding hydrogens is 458 g/mol. The molecule has 0 radical (unpaired) electrons. The molecule has 6 nitrogen and oxygen atoms in total. The molecule has 1 amide bonds. The summed E-state index contributed by atoms with van der Waals surface area (Å²) in [6.45, 7) is 5.11. The van der Waals surface area contributed by atoms with Crippen molar-refractivity contribution in [3.63, 3.8) is 0 Å². The van der Waals surface area contributed by atoms with Crippen molar-refractivity contribution < 1.29 is 14.7 Å². The van der Waals surface area contributed by atoms with Crippen molar-refractivity contribution in [1.82, 2.24) is 4.98 Å². The monoisotopic (exact) mass is 492 g/mol. The third kappa shape index (κ3) is 8.51. The zero-order valence-electron chi connectivity index (χ0n) is 20.6. The van der Waals surface area contributed by atoms with Crippen LogP contribution in [0.4, 0.5) is 10.8 Å². The summed E-state index contributed by atoms with van der Waals surface area (Å²) < 4.78 is 0. The van der Waals surface area contributed by atoms with Crippen LogP contribution in [0.25, 0.3) is 0 Å². The van der Waals surface area contributed by atoms with Gasteiger partial charge in [-0.1, -0.05) is 63.8 Å². The number of carbonyl (C=O) groups is 2. The van der Waals surface area contributed by atoms with Crippen LogP contribution >= 0.6 is 11.3 Å². The van der Waals surface area contributed by atoms with Crippen molar-refractivity contribution in [2.75, 3.05) is 10.6 Å². The summed E-state index contributed by atoms with van der Waals surface area (Å²) in [6.07, 6.45) is 7.98. The number of hydrogen-bond donors (Lipinski definition) is 2. The maximum atomic E-state index is 12.5. The largest absolute Gasteiger partial charge is 0.550 e. The number of hydrogen-bond acceptors (Lipinski definition) is 6. The van der Waals surface area contributed by atoms with E-state index >= 15 is 0 Å². The van der Waals surface area contributed by atoms with E-state index in [-0.39, 0.29) is 12.3 Å². The molecule has 0 bridgehead atoms. The molecule has 2 N–H and O–H groups in total. The molecule has 2 aromatic carbocycles. The topological polar surface area (TPSA) is 94.2 Å². The fourth-order valence-electron chi connectivity index (χ4n) is 3.93. The smallest absolute Gasteiger partial charge is 0.257 e. The van der Waals surface area contributed by atoms with Gasteiger partial charge in [0.05, 0.1) is 5.69 Å². The Balaban J connectivity index is 1.59. The summed E-state index contributed by atoms with van der Waals surface area (Å²) in [5.41, 5.74) is 5.89. The molecule has 1 aromatic heterocycles. The Kier molecular flexibility index (Phi) is 10.3. The number of nitrogens with one attached hydrogen (secondary N) is 2. The van der Waals surface area contributed by atoms with Crippen molar-refractivity contribution in [3.8, 4) is 0 Å². The van der Waals surface area contributed by atoms with Gasteiger partial charge in [0.15, 0.2) is 5.13 Å². The fraction of sp³-hybridized carbons (Fsp3) is 0.393. The minimum absolute atomic E-state index is 0.268. The first kappa shape index (κ1) is 26.4. The summed E-state index contributed by atoms with van der Waals surface area (Å²) in [5.74, 6) is -1.47. The number of carboxylic acids is 1. The highest BCUT2D eigenvalue weighted by molar-refractivity contribution is 7.14. The van der Waals surface area contributed by atoms with Gasteiger partial charge in [0.25, 0.3) is 5.91 Å². The molecule has 0 aliphatic rings. The molecule has 35 heavy (non-hydrogen) atoms. The number of carbonyl (C=O) groups excluding carboxylic acids is 2. The second kappa shape index (κ2) is 13.6. The molecule has 0 saturated heterocycles. The number of aliphatic carboxylic acids is 1. The molecule has 3 aromatic rings. The number of nitrogens with zero attached hydrogens (tertiary/aromatic N) is 1. The molecule has 0 unspecified atom stereocenters. The van der Waals surface area contributed by atoms with Gasteiger partial charge in [-0.15, -0.1) is 11.3 Å². The molecule has 0 spiro atoms. The van der Waals surface area contributed by atoms with Crippen LogP contribution < -0.4 is 15.7 Å². The van der Waals surface area contributed by atoms with Gasteiger partial charge in [-0.05, 0) is 54.2 Å². The van der Waals surface area contributed by atoms with Crippen molar-refractivity contribution in [3.05, 3.63) is 75.8 Å². The maximum absolute atomic E-state index is 12.5. The first-order chi connectivity index (χ1) is 17.0. The fourth-order valence-corrected chi connectivity index (χ4v) is 4.63. The molecule has 0 aliphatic carbocycles. The van der Waals surface area contributed by atoms with Gasteiger partial charge in [0.2, 0.25) is 0 Å². The third-order valence-corrected chi connectivity index (χ3v) is 6.62. The number of aromatic nitrogens is 1. The van der Waals surface area contributed by atoms with Gasteiger partial charge in [0.1, 0.15) is 0 Å². The van der Waals surface area contributed by atoms with Gasteiger partial charge in [-0.2, -0.15) is 0 Å². The van der Waals surface area contributed by atoms with E-state index in [2.05, 4.69) is 47.7 Å². The zero-order chi connectivity index (χ0) is 25.0. The van der Waals surface area contributed by atoms with Gasteiger partial charge in [-0.25, -0.2) is 4.98 Å². The summed E-state index contributed by atoms with van der Waals surface area (Å²) in [6, 6.07) is 14.3. The van der Waals surface area contributed by atoms with Gasteiger partial charge in [0, 0.05) is 35.6 Å². The molecule has 0 fully saturated rings. The highest BCUT2D eigenvalue weighted by Crippen LogP contribution is 2.23. The Labute approximate surface area is 211 Å². The molecule has 7 heteroatoms. The summed E-state index contributed by atoms with van der Waals surface area (Å²) >= 11 is 1.19. The van der Waals surface area contributed by atoms with Gasteiger partial charge < -0.3 is 15.2 Å². The average molecular weight is 493 g/mol. The molecule has 186 valence electrons. The lowest BCUT2D eigenvalue weighted by Gasteiger charge is -2.15. The van der Waals surface area contributed by atoms with Crippen LogP contribution in [0.2, 0.25) is 0 Å². The van der Waals surface area contributed by atoms with E-state index in [1.807, 2.05) is 12.1 Å². The third-order valence-electron chi connectivity index (χ3n) is 5.81. The van der Waals surface area contributed by atoms with Crippen molar-refractivity contribution in [1.29, 1.82) is 0 Å². The molecule has 0 aliphatic heterocycles. The highest BCUT2D eigenvalue weighted by Gasteiger charge is 2.10. The van der Waals surface area contributed by atoms with Crippen LogP contribution in [0.5, 0.6) is 0 Å². The van der Waals surface area contributed by atoms with E-state index in [0.717, 1.165) is 24.8 Å². The van der Waals surface area contributed by atoms with E-state index < -0.39 is 5.97 Å². The minimum Gasteiger partial charge on any atom is -0.550 e. The number of anilines is 2. The normalized spacial score (nSPS) is 10.8. The number of benzene rings is 2. The van der Waals surface area contributed by atoms with E-state index in [1.165, 1.54) is 53.8 Å². The van der Waals surface area contributed by atoms with Crippen molar-refractivity contribution in [2.45, 2.75) is 71.8 Å². The Hall–Kier alpha value is -3.19. The number of aryl methyl sites for hydroxylation is 2. The molecule has 3 rings (SSSR count). The van der Waals surface area contributed by atoms with Crippen LogP contribution in [0.1, 0.15) is 78.7 Å². The standard InChI is InChI=1S/C28H35N3O3S/c1-3-5-6-7-9-22-13-10-20(8-4-2)16-25(22)29-18-21-11-14-23(15-12-21)27(34)31-28-30-24(19-35-28)17-26(32)33/h10-16,19,29H,3-9,17-18H2,1-2H3,(H,32,33)(H,30,31,34)/p-1. The average Bonchev–Trinajstić information content (AvgIpc) is 3.27. The number of rotatable bonds is 14. The lowest BCUT2D eigenvalue weighted by molar-refractivity contribution is -0.304. The molecule has 0 atom stereocenters. The number of carboxylic acid groups (broad SMARTS) is 1. The van der Waals surface area contributed by atoms with Crippen LogP contribution in [-0.4, -0.2) is 16.9 Å². The Morgan fingerprint density at radius 1 is 0.943 bits per heavy atom. The summed E-state index contributed by atoms with van der Waals surface area (Å²) in [5, 5.41) is 19.0. The summed E-state index contributed by atoms with van der Waals surface area (Å²) in [4.78, 5) is 27.3. The minimum atomic E-state index is -1.20. The van der Waals surface area contributed by atoms with Crippen LogP contribution in [0.15, 0.2) is 47.8 Å². The highest BCUT2D eigenvalue weighted by atomic mass is 32.1. The molecular formula is C28H34N3O3S-. The Morgan fingerprint density at radius 2 is 1.71 bits per heavy atom. The lowest BCUT2D eigenvalue weighted by atomic mass is 10.0. The number of unbranched alkanes of at least 4 members (excludes halogenated alkanes) is 3. The van der Waals surface area contributed by atoms with Gasteiger partial charge >= 0.3 is 0 Å². The van der Waals surface area contributed by atoms with Crippen LogP contribution in [0, 0.1) is 0 Å². The van der Waals surface area contributed by atoms with E-state index in [0.29, 0.717) is 22.9 Å². The molecule has 1 heterocycles. The predicted molar refractivity (Wildman–Crippen MR) is 141 cm³/mol. The predicted octanol–water partition coefficient (Wildman–Crippen LogP) is 5.38. The van der Waals surface area contributed by atoms with E-state index in [9.17, 15) is 14.7 Å². The van der Waals surface area contributed by atoms with Gasteiger partial charge in [-0.3, -0.25) is 10.1 Å².